The Morgan fingerprint density at radius 1 is 1.23 bits per heavy atom. The van der Waals surface area contributed by atoms with Crippen LogP contribution in [0.25, 0.3) is 0 Å². The van der Waals surface area contributed by atoms with Crippen molar-refractivity contribution in [1.29, 1.82) is 0 Å². The number of nitrogens with zero attached hydrogens (tertiary/aromatic N) is 3. The molecule has 0 bridgehead atoms. The van der Waals surface area contributed by atoms with Crippen LogP contribution < -0.4 is 10.1 Å². The number of ether oxygens (including phenoxy) is 1. The zero-order valence-corrected chi connectivity index (χ0v) is 17.2. The normalized spacial score (nSPS) is 11.6. The molecule has 31 heavy (non-hydrogen) atoms. The lowest BCUT2D eigenvalue weighted by Crippen LogP contribution is -2.18. The molecule has 0 fully saturated rings. The molecule has 1 amide bonds. The Balaban J connectivity index is 1.85. The number of nitro groups is 1. The highest BCUT2D eigenvalue weighted by Crippen LogP contribution is 2.31. The highest BCUT2D eigenvalue weighted by atomic mass is 35.5. The van der Waals surface area contributed by atoms with Gasteiger partial charge in [0.05, 0.1) is 16.7 Å². The lowest BCUT2D eigenvalue weighted by molar-refractivity contribution is -0.384. The van der Waals surface area contributed by atoms with Gasteiger partial charge in [-0.15, -0.1) is 0 Å². The molecule has 1 atom stereocenters. The Morgan fingerprint density at radius 2 is 1.97 bits per heavy atom. The highest BCUT2D eigenvalue weighted by molar-refractivity contribution is 6.31. The predicted molar refractivity (Wildman–Crippen MR) is 112 cm³/mol. The molecule has 1 heterocycles. The third kappa shape index (κ3) is 5.17. The number of aryl methyl sites for hydroxylation is 1. The molecule has 0 saturated carbocycles. The summed E-state index contributed by atoms with van der Waals surface area (Å²) in [5.74, 6) is -1.21. The molecule has 0 aliphatic rings. The fraction of sp³-hybridized carbons (Fsp3) is 0.150. The fourth-order valence-electron chi connectivity index (χ4n) is 2.62. The van der Waals surface area contributed by atoms with Crippen molar-refractivity contribution in [3.8, 4) is 11.5 Å². The molecule has 0 aliphatic carbocycles. The van der Waals surface area contributed by atoms with Gasteiger partial charge in [-0.05, 0) is 43.7 Å². The Labute approximate surface area is 181 Å². The second-order valence-corrected chi connectivity index (χ2v) is 7.04. The van der Waals surface area contributed by atoms with Crippen LogP contribution in [-0.4, -0.2) is 31.7 Å². The Bertz CT molecular complexity index is 1180. The first-order valence-corrected chi connectivity index (χ1v) is 9.34. The zero-order valence-electron chi connectivity index (χ0n) is 16.4. The number of rotatable bonds is 7. The topological polar surface area (TPSA) is 137 Å². The third-order valence-electron chi connectivity index (χ3n) is 4.32. The number of amides is 1. The van der Waals surface area contributed by atoms with E-state index in [0.29, 0.717) is 10.8 Å². The molecule has 160 valence electrons. The summed E-state index contributed by atoms with van der Waals surface area (Å²) in [7, 11) is 0. The number of hydrogen-bond donors (Lipinski definition) is 2. The van der Waals surface area contributed by atoms with Gasteiger partial charge in [0.2, 0.25) is 0 Å². The van der Waals surface area contributed by atoms with Crippen molar-refractivity contribution < 1.29 is 24.4 Å². The number of anilines is 1. The van der Waals surface area contributed by atoms with E-state index in [2.05, 4.69) is 10.4 Å². The molecule has 0 aliphatic heterocycles. The number of nitro benzene ring substituents is 1. The van der Waals surface area contributed by atoms with E-state index in [0.717, 1.165) is 10.2 Å². The molecule has 11 heteroatoms. The van der Waals surface area contributed by atoms with Crippen molar-refractivity contribution in [1.82, 2.24) is 9.78 Å². The van der Waals surface area contributed by atoms with Gasteiger partial charge in [0, 0.05) is 23.4 Å². The van der Waals surface area contributed by atoms with Crippen LogP contribution in [0.5, 0.6) is 11.5 Å². The average molecular weight is 445 g/mol. The van der Waals surface area contributed by atoms with Crippen LogP contribution in [0.3, 0.4) is 0 Å². The number of aliphatic carboxylic acids is 1. The van der Waals surface area contributed by atoms with Crippen LogP contribution in [-0.2, 0) is 4.79 Å². The summed E-state index contributed by atoms with van der Waals surface area (Å²) in [6, 6.07) is 9.14. The van der Waals surface area contributed by atoms with Crippen molar-refractivity contribution in [3.05, 3.63) is 75.1 Å². The van der Waals surface area contributed by atoms with Crippen LogP contribution in [0, 0.1) is 17.0 Å². The molecule has 2 N–H and O–H groups in total. The molecule has 0 saturated heterocycles. The molecule has 0 radical (unpaired) electrons. The number of carbonyl (C=O) groups is 2. The lowest BCUT2D eigenvalue weighted by atomic mass is 10.2. The van der Waals surface area contributed by atoms with Crippen molar-refractivity contribution in [3.63, 3.8) is 0 Å². The van der Waals surface area contributed by atoms with Crippen LogP contribution in [0.4, 0.5) is 11.4 Å². The first kappa shape index (κ1) is 21.8. The largest absolute Gasteiger partial charge is 0.480 e. The van der Waals surface area contributed by atoms with E-state index in [1.807, 2.05) is 0 Å². The number of nitrogens with one attached hydrogen (secondary N) is 1. The Hall–Kier alpha value is -3.92. The van der Waals surface area contributed by atoms with E-state index in [4.69, 9.17) is 21.4 Å². The molecule has 3 rings (SSSR count). The minimum Gasteiger partial charge on any atom is -0.480 e. The molecular weight excluding hydrogens is 428 g/mol. The number of hydrogen-bond acceptors (Lipinski definition) is 6. The van der Waals surface area contributed by atoms with Gasteiger partial charge in [0.25, 0.3) is 11.6 Å². The van der Waals surface area contributed by atoms with Gasteiger partial charge in [-0.3, -0.25) is 19.6 Å². The molecule has 10 nitrogen and oxygen atoms in total. The maximum absolute atomic E-state index is 12.5. The summed E-state index contributed by atoms with van der Waals surface area (Å²) in [6.07, 6.45) is 1.36. The minimum atomic E-state index is -1.10. The van der Waals surface area contributed by atoms with Crippen LogP contribution in [0.15, 0.2) is 48.7 Å². The van der Waals surface area contributed by atoms with Gasteiger partial charge in [0.1, 0.15) is 17.5 Å². The van der Waals surface area contributed by atoms with Crippen LogP contribution in [0.1, 0.15) is 29.0 Å². The lowest BCUT2D eigenvalue weighted by Gasteiger charge is -2.10. The van der Waals surface area contributed by atoms with Crippen molar-refractivity contribution in [2.24, 2.45) is 0 Å². The van der Waals surface area contributed by atoms with E-state index in [-0.39, 0.29) is 22.8 Å². The molecular formula is C20H17ClN4O6. The number of carboxylic acids is 1. The van der Waals surface area contributed by atoms with Crippen LogP contribution >= 0.6 is 11.6 Å². The number of non-ortho nitro benzene ring substituents is 1. The molecule has 2 aromatic carbocycles. The number of aromatic nitrogens is 2. The first-order valence-electron chi connectivity index (χ1n) is 8.97. The maximum Gasteiger partial charge on any atom is 0.328 e. The van der Waals surface area contributed by atoms with Crippen LogP contribution in [0.2, 0.25) is 5.02 Å². The second-order valence-electron chi connectivity index (χ2n) is 6.64. The van der Waals surface area contributed by atoms with Gasteiger partial charge in [-0.1, -0.05) is 11.6 Å². The minimum absolute atomic E-state index is 0.0459. The second kappa shape index (κ2) is 8.84. The summed E-state index contributed by atoms with van der Waals surface area (Å²) in [4.78, 5) is 34.2. The van der Waals surface area contributed by atoms with Gasteiger partial charge in [-0.2, -0.15) is 5.10 Å². The summed E-state index contributed by atoms with van der Waals surface area (Å²) >= 11 is 6.00. The van der Waals surface area contributed by atoms with E-state index in [9.17, 15) is 19.7 Å². The van der Waals surface area contributed by atoms with Gasteiger partial charge < -0.3 is 15.2 Å². The zero-order chi connectivity index (χ0) is 22.7. The number of benzene rings is 2. The van der Waals surface area contributed by atoms with Crippen molar-refractivity contribution in [2.75, 3.05) is 5.32 Å². The standard InChI is InChI=1S/C20H17ClN4O6/c1-11-7-15(3-4-17(11)21)31-16-9-13(8-14(10-16)25(29)30)22-19(26)18-5-6-24(23-18)12(2)20(27)28/h3-10,12H,1-2H3,(H,22,26)(H,27,28). The monoisotopic (exact) mass is 444 g/mol. The van der Waals surface area contributed by atoms with Crippen molar-refractivity contribution in [2.45, 2.75) is 19.9 Å². The van der Waals surface area contributed by atoms with E-state index >= 15 is 0 Å². The molecule has 0 spiro atoms. The summed E-state index contributed by atoms with van der Waals surface area (Å²) in [6.45, 7) is 3.21. The third-order valence-corrected chi connectivity index (χ3v) is 4.74. The highest BCUT2D eigenvalue weighted by Gasteiger charge is 2.18. The number of halogens is 1. The number of carboxylic acid groups (broad SMARTS) is 1. The summed E-state index contributed by atoms with van der Waals surface area (Å²) in [5.41, 5.74) is 0.545. The smallest absolute Gasteiger partial charge is 0.328 e. The van der Waals surface area contributed by atoms with Gasteiger partial charge in [-0.25, -0.2) is 4.79 Å². The Morgan fingerprint density at radius 3 is 2.61 bits per heavy atom. The van der Waals surface area contributed by atoms with Crippen molar-refractivity contribution >= 4 is 34.9 Å². The Kier molecular flexibility index (Phi) is 6.21. The number of carbonyl (C=O) groups excluding carboxylic acids is 1. The molecule has 1 unspecified atom stereocenters. The predicted octanol–water partition coefficient (Wildman–Crippen LogP) is 4.44. The first-order chi connectivity index (χ1) is 14.6. The van der Waals surface area contributed by atoms with Gasteiger partial charge >= 0.3 is 5.97 Å². The van der Waals surface area contributed by atoms with Gasteiger partial charge in [0.15, 0.2) is 5.69 Å². The summed E-state index contributed by atoms with van der Waals surface area (Å²) in [5, 5.41) is 27.3. The van der Waals surface area contributed by atoms with E-state index in [1.54, 1.807) is 25.1 Å². The fourth-order valence-corrected chi connectivity index (χ4v) is 2.74. The maximum atomic E-state index is 12.5. The van der Waals surface area contributed by atoms with E-state index in [1.165, 1.54) is 37.4 Å². The van der Waals surface area contributed by atoms with E-state index < -0.39 is 22.8 Å². The summed E-state index contributed by atoms with van der Waals surface area (Å²) < 4.78 is 6.82. The average Bonchev–Trinajstić information content (AvgIpc) is 3.20. The molecule has 1 aromatic heterocycles. The SMILES string of the molecule is Cc1cc(Oc2cc(NC(=O)c3ccn(C(C)C(=O)O)n3)cc([N+](=O)[O-])c2)ccc1Cl. The molecule has 3 aromatic rings. The quantitative estimate of drug-likeness (QED) is 0.405.